The Labute approximate surface area is 450 Å². The summed E-state index contributed by atoms with van der Waals surface area (Å²) in [5.74, 6) is -1.09. The third-order valence-corrected chi connectivity index (χ3v) is 14.9. The molecule has 6 atom stereocenters. The van der Waals surface area contributed by atoms with Gasteiger partial charge in [-0.05, 0) is 51.4 Å². The van der Waals surface area contributed by atoms with Gasteiger partial charge in [-0.2, -0.15) is 0 Å². The van der Waals surface area contributed by atoms with Crippen molar-refractivity contribution in [3.8, 4) is 0 Å². The second-order valence-electron chi connectivity index (χ2n) is 20.8. The summed E-state index contributed by atoms with van der Waals surface area (Å²) in [6, 6.07) is 0. The van der Waals surface area contributed by atoms with Crippen molar-refractivity contribution in [2.45, 2.75) is 307 Å². The number of hydrogen-bond acceptors (Lipinski definition) is 12. The number of carbonyl (C=O) groups is 2. The lowest BCUT2D eigenvalue weighted by Gasteiger charge is -2.41. The summed E-state index contributed by atoms with van der Waals surface area (Å²) in [6.07, 6.45) is 48.7. The Bertz CT molecular complexity index is 1470. The molecule has 0 aromatic rings. The number of rotatable bonds is 51. The first kappa shape index (κ1) is 69.8. The summed E-state index contributed by atoms with van der Waals surface area (Å²) >= 11 is 0. The number of phosphoric acid groups is 1. The van der Waals surface area contributed by atoms with Crippen LogP contribution in [0.15, 0.2) is 48.6 Å². The van der Waals surface area contributed by atoms with Crippen LogP contribution in [0.5, 0.6) is 0 Å². The first-order valence-corrected chi connectivity index (χ1v) is 31.4. The van der Waals surface area contributed by atoms with Crippen molar-refractivity contribution < 1.29 is 63.1 Å². The SMILES string of the molecule is CC/C=C\C/C=C\C/C=C\C/C=C\CCCCCCCCCCCCC(=O)OC(COC(=O)CCCCCCCCCCCCCCCCCCCCCCCC)COP(=O)(O)OC1C(O)C(O)C(O)C(O)C1O. The average molecular weight is 1070 g/mol. The molecule has 0 aromatic carbocycles. The maximum atomic E-state index is 12.9. The van der Waals surface area contributed by atoms with Gasteiger partial charge >= 0.3 is 19.8 Å². The molecule has 0 spiro atoms. The lowest BCUT2D eigenvalue weighted by molar-refractivity contribution is -0.220. The van der Waals surface area contributed by atoms with Crippen LogP contribution in [0, 0.1) is 0 Å². The van der Waals surface area contributed by atoms with Gasteiger partial charge in [-0.3, -0.25) is 18.6 Å². The smallest absolute Gasteiger partial charge is 0.462 e. The van der Waals surface area contributed by atoms with Crippen LogP contribution < -0.4 is 0 Å². The standard InChI is InChI=1S/C60H109O13P/c1-3-5-7-9-11-13-15-17-19-21-23-25-27-29-31-33-35-37-39-41-43-45-47-49-54(62)72-52(51-71-74(68,69)73-60-58(66)56(64)55(63)57(65)59(60)67)50-70-53(61)48-46-44-42-40-38-36-34-32-30-28-26-24-22-20-18-16-14-12-10-8-6-4-2/h5,7,11,13,17,19,23,25,52,55-60,63-67H,3-4,6,8-10,12,14-16,18,20-22,24,26-51H2,1-2H3,(H,68,69)/b7-5-,13-11-,19-17-,25-23-. The molecule has 1 aliphatic rings. The number of ether oxygens (including phenoxy) is 2. The average Bonchev–Trinajstić information content (AvgIpc) is 3.38. The number of unbranched alkanes of at least 4 members (excludes halogenated alkanes) is 31. The highest BCUT2D eigenvalue weighted by atomic mass is 31.2. The molecule has 0 saturated heterocycles. The Morgan fingerprint density at radius 1 is 0.432 bits per heavy atom. The number of hydrogen-bond donors (Lipinski definition) is 6. The van der Waals surface area contributed by atoms with Crippen LogP contribution in [0.4, 0.5) is 0 Å². The molecule has 1 saturated carbocycles. The predicted molar refractivity (Wildman–Crippen MR) is 299 cm³/mol. The number of aliphatic hydroxyl groups excluding tert-OH is 5. The fourth-order valence-electron chi connectivity index (χ4n) is 9.22. The number of allylic oxidation sites excluding steroid dienone is 8. The molecule has 13 nitrogen and oxygen atoms in total. The van der Waals surface area contributed by atoms with Gasteiger partial charge in [0.25, 0.3) is 0 Å². The lowest BCUT2D eigenvalue weighted by atomic mass is 9.85. The van der Waals surface area contributed by atoms with E-state index in [1.807, 2.05) is 0 Å². The van der Waals surface area contributed by atoms with Crippen LogP contribution in [-0.2, 0) is 32.7 Å². The van der Waals surface area contributed by atoms with E-state index in [1.165, 1.54) is 148 Å². The molecule has 0 radical (unpaired) electrons. The van der Waals surface area contributed by atoms with E-state index in [4.69, 9.17) is 18.5 Å². The first-order valence-electron chi connectivity index (χ1n) is 29.9. The van der Waals surface area contributed by atoms with E-state index in [0.717, 1.165) is 77.0 Å². The zero-order valence-corrected chi connectivity index (χ0v) is 47.5. The molecule has 1 fully saturated rings. The van der Waals surface area contributed by atoms with Crippen LogP contribution in [0.3, 0.4) is 0 Å². The van der Waals surface area contributed by atoms with Crippen molar-refractivity contribution in [1.82, 2.24) is 0 Å². The Kier molecular flexibility index (Phi) is 46.4. The quantitative estimate of drug-likeness (QED) is 0.0145. The molecule has 0 aromatic heterocycles. The zero-order chi connectivity index (χ0) is 54.2. The maximum absolute atomic E-state index is 12.9. The Balaban J connectivity index is 2.31. The first-order chi connectivity index (χ1) is 35.9. The normalized spacial score (nSPS) is 20.6. The molecule has 0 amide bonds. The fraction of sp³-hybridized carbons (Fsp3) is 0.833. The van der Waals surface area contributed by atoms with E-state index in [0.29, 0.717) is 12.8 Å². The van der Waals surface area contributed by atoms with Crippen LogP contribution in [0.2, 0.25) is 0 Å². The van der Waals surface area contributed by atoms with E-state index in [1.54, 1.807) is 0 Å². The highest BCUT2D eigenvalue weighted by molar-refractivity contribution is 7.47. The van der Waals surface area contributed by atoms with E-state index in [9.17, 15) is 44.6 Å². The molecule has 74 heavy (non-hydrogen) atoms. The van der Waals surface area contributed by atoms with Crippen LogP contribution in [0.1, 0.15) is 264 Å². The van der Waals surface area contributed by atoms with Gasteiger partial charge in [-0.15, -0.1) is 0 Å². The molecular formula is C60H109O13P. The van der Waals surface area contributed by atoms with Crippen molar-refractivity contribution in [2.75, 3.05) is 13.2 Å². The van der Waals surface area contributed by atoms with Gasteiger partial charge in [0.05, 0.1) is 6.61 Å². The Morgan fingerprint density at radius 3 is 1.18 bits per heavy atom. The number of carbonyl (C=O) groups excluding carboxylic acids is 2. The third kappa shape index (κ3) is 40.1. The van der Waals surface area contributed by atoms with Crippen molar-refractivity contribution in [3.63, 3.8) is 0 Å². The highest BCUT2D eigenvalue weighted by Crippen LogP contribution is 2.47. The molecule has 1 rings (SSSR count). The van der Waals surface area contributed by atoms with Crippen molar-refractivity contribution in [2.24, 2.45) is 0 Å². The van der Waals surface area contributed by atoms with Crippen LogP contribution in [-0.4, -0.2) is 98.3 Å². The minimum absolute atomic E-state index is 0.0923. The van der Waals surface area contributed by atoms with Gasteiger partial charge in [0.1, 0.15) is 43.2 Å². The van der Waals surface area contributed by atoms with Gasteiger partial charge in [-0.1, -0.05) is 249 Å². The highest BCUT2D eigenvalue weighted by Gasteiger charge is 2.51. The molecule has 0 bridgehead atoms. The number of phosphoric ester groups is 1. The minimum Gasteiger partial charge on any atom is -0.462 e. The van der Waals surface area contributed by atoms with Crippen molar-refractivity contribution in [3.05, 3.63) is 48.6 Å². The molecule has 432 valence electrons. The van der Waals surface area contributed by atoms with Crippen LogP contribution >= 0.6 is 7.82 Å². The van der Waals surface area contributed by atoms with E-state index in [2.05, 4.69) is 62.5 Å². The lowest BCUT2D eigenvalue weighted by Crippen LogP contribution is -2.64. The largest absolute Gasteiger partial charge is 0.472 e. The summed E-state index contributed by atoms with van der Waals surface area (Å²) in [5.41, 5.74) is 0. The molecule has 6 unspecified atom stereocenters. The molecule has 0 heterocycles. The van der Waals surface area contributed by atoms with E-state index in [-0.39, 0.29) is 12.8 Å². The summed E-state index contributed by atoms with van der Waals surface area (Å²) < 4.78 is 33.8. The molecule has 1 aliphatic carbocycles. The van der Waals surface area contributed by atoms with E-state index < -0.39 is 75.7 Å². The molecule has 0 aliphatic heterocycles. The second kappa shape index (κ2) is 49.1. The third-order valence-electron chi connectivity index (χ3n) is 13.9. The van der Waals surface area contributed by atoms with E-state index >= 15 is 0 Å². The van der Waals surface area contributed by atoms with Gasteiger partial charge in [-0.25, -0.2) is 4.57 Å². The summed E-state index contributed by atoms with van der Waals surface area (Å²) in [4.78, 5) is 36.0. The molecular weight excluding hydrogens is 960 g/mol. The predicted octanol–water partition coefficient (Wildman–Crippen LogP) is 14.2. The monoisotopic (exact) mass is 1070 g/mol. The summed E-state index contributed by atoms with van der Waals surface area (Å²) in [6.45, 7) is 3.25. The number of aliphatic hydroxyl groups is 5. The topological polar surface area (TPSA) is 210 Å². The molecule has 14 heteroatoms. The Morgan fingerprint density at radius 2 is 0.770 bits per heavy atom. The number of esters is 2. The summed E-state index contributed by atoms with van der Waals surface area (Å²) in [5, 5.41) is 50.4. The van der Waals surface area contributed by atoms with Gasteiger partial charge in [0, 0.05) is 12.8 Å². The van der Waals surface area contributed by atoms with Crippen molar-refractivity contribution >= 4 is 19.8 Å². The maximum Gasteiger partial charge on any atom is 0.472 e. The van der Waals surface area contributed by atoms with Gasteiger partial charge < -0.3 is 39.9 Å². The van der Waals surface area contributed by atoms with Gasteiger partial charge in [0.2, 0.25) is 0 Å². The fourth-order valence-corrected chi connectivity index (χ4v) is 10.2. The second-order valence-corrected chi connectivity index (χ2v) is 22.2. The van der Waals surface area contributed by atoms with Gasteiger partial charge in [0.15, 0.2) is 6.10 Å². The minimum atomic E-state index is -5.13. The van der Waals surface area contributed by atoms with Crippen molar-refractivity contribution in [1.29, 1.82) is 0 Å². The molecule has 6 N–H and O–H groups in total. The van der Waals surface area contributed by atoms with Crippen LogP contribution in [0.25, 0.3) is 0 Å². The Hall–Kier alpha value is -2.19. The zero-order valence-electron chi connectivity index (χ0n) is 46.6. The summed E-state index contributed by atoms with van der Waals surface area (Å²) in [7, 11) is -5.13.